The first-order valence-electron chi connectivity index (χ1n) is 10.5. The van der Waals surface area contributed by atoms with E-state index in [1.165, 1.54) is 32.4 Å². The number of carbonyl (C=O) groups excluding carboxylic acids is 2. The van der Waals surface area contributed by atoms with E-state index >= 15 is 0 Å². The minimum atomic E-state index is -4.23. The standard InChI is InChI=1S/C25H23NO8S/c1-15-7-10-19(11-8-15)35(29,30)26-25(28)34-24-22(27)20-14-18(32-3)9-12-21(20)33-23(24)16-5-4-6-17(13-16)31-2/h4-14,23-24H,1-3H3,(H,26,28)/t23-,24+/m0/s1. The summed E-state index contributed by atoms with van der Waals surface area (Å²) in [6, 6.07) is 17.3. The van der Waals surface area contributed by atoms with Crippen LogP contribution in [0.3, 0.4) is 0 Å². The molecule has 0 saturated carbocycles. The molecule has 10 heteroatoms. The Labute approximate surface area is 202 Å². The Morgan fingerprint density at radius 2 is 1.63 bits per heavy atom. The van der Waals surface area contributed by atoms with Crippen molar-refractivity contribution >= 4 is 21.9 Å². The summed E-state index contributed by atoms with van der Waals surface area (Å²) >= 11 is 0. The van der Waals surface area contributed by atoms with Gasteiger partial charge in [-0.1, -0.05) is 29.8 Å². The molecule has 1 heterocycles. The highest BCUT2D eigenvalue weighted by molar-refractivity contribution is 7.90. The topological polar surface area (TPSA) is 117 Å². The number of hydrogen-bond donors (Lipinski definition) is 1. The largest absolute Gasteiger partial charge is 0.497 e. The average molecular weight is 498 g/mol. The van der Waals surface area contributed by atoms with E-state index in [1.807, 2.05) is 4.72 Å². The highest BCUT2D eigenvalue weighted by Gasteiger charge is 2.42. The van der Waals surface area contributed by atoms with Gasteiger partial charge < -0.3 is 18.9 Å². The van der Waals surface area contributed by atoms with Gasteiger partial charge in [0.2, 0.25) is 11.9 Å². The third-order valence-corrected chi connectivity index (χ3v) is 6.77. The molecule has 0 aromatic heterocycles. The molecule has 1 amide bonds. The number of Topliss-reactive ketones (excluding diaryl/α,β-unsaturated/α-hetero) is 1. The lowest BCUT2D eigenvalue weighted by Gasteiger charge is -2.32. The van der Waals surface area contributed by atoms with Crippen molar-refractivity contribution in [1.29, 1.82) is 0 Å². The lowest BCUT2D eigenvalue weighted by atomic mass is 9.93. The predicted octanol–water partition coefficient (Wildman–Crippen LogP) is 3.81. The Morgan fingerprint density at radius 1 is 0.943 bits per heavy atom. The summed E-state index contributed by atoms with van der Waals surface area (Å²) in [5, 5.41) is 0. The fraction of sp³-hybridized carbons (Fsp3) is 0.200. The van der Waals surface area contributed by atoms with Crippen LogP contribution in [0.4, 0.5) is 4.79 Å². The molecule has 9 nitrogen and oxygen atoms in total. The van der Waals surface area contributed by atoms with Gasteiger partial charge in [-0.15, -0.1) is 0 Å². The fourth-order valence-electron chi connectivity index (χ4n) is 3.62. The molecular weight excluding hydrogens is 474 g/mol. The summed E-state index contributed by atoms with van der Waals surface area (Å²) in [6.45, 7) is 1.80. The predicted molar refractivity (Wildman–Crippen MR) is 125 cm³/mol. The third kappa shape index (κ3) is 5.07. The first-order chi connectivity index (χ1) is 16.7. The molecule has 0 saturated heterocycles. The van der Waals surface area contributed by atoms with Crippen LogP contribution in [-0.4, -0.2) is 40.6 Å². The van der Waals surface area contributed by atoms with Crippen LogP contribution in [0.15, 0.2) is 71.6 Å². The van der Waals surface area contributed by atoms with E-state index in [0.717, 1.165) is 5.56 Å². The summed E-state index contributed by atoms with van der Waals surface area (Å²) in [6.07, 6.45) is -3.84. The van der Waals surface area contributed by atoms with E-state index in [2.05, 4.69) is 0 Å². The Bertz CT molecular complexity index is 1370. The van der Waals surface area contributed by atoms with Gasteiger partial charge in [0.1, 0.15) is 17.2 Å². The number of ether oxygens (including phenoxy) is 4. The van der Waals surface area contributed by atoms with Gasteiger partial charge in [-0.2, -0.15) is 0 Å². The molecule has 0 radical (unpaired) electrons. The van der Waals surface area contributed by atoms with Crippen LogP contribution in [0.2, 0.25) is 0 Å². The van der Waals surface area contributed by atoms with E-state index in [4.69, 9.17) is 18.9 Å². The lowest BCUT2D eigenvalue weighted by molar-refractivity contribution is 0.0106. The van der Waals surface area contributed by atoms with Crippen molar-refractivity contribution in [3.63, 3.8) is 0 Å². The molecule has 2 atom stereocenters. The van der Waals surface area contributed by atoms with Crippen LogP contribution >= 0.6 is 0 Å². The minimum Gasteiger partial charge on any atom is -0.497 e. The summed E-state index contributed by atoms with van der Waals surface area (Å²) in [4.78, 5) is 26.0. The molecule has 1 aliphatic heterocycles. The molecular formula is C25H23NO8S. The van der Waals surface area contributed by atoms with E-state index in [-0.39, 0.29) is 16.2 Å². The van der Waals surface area contributed by atoms with E-state index in [9.17, 15) is 18.0 Å². The van der Waals surface area contributed by atoms with E-state index in [0.29, 0.717) is 17.1 Å². The molecule has 0 unspecified atom stereocenters. The number of nitrogens with one attached hydrogen (secondary N) is 1. The van der Waals surface area contributed by atoms with Gasteiger partial charge in [0, 0.05) is 5.56 Å². The number of methoxy groups -OCH3 is 2. The highest BCUT2D eigenvalue weighted by Crippen LogP contribution is 2.39. The molecule has 0 bridgehead atoms. The first-order valence-corrected chi connectivity index (χ1v) is 12.0. The number of fused-ring (bicyclic) bond motifs is 1. The maximum Gasteiger partial charge on any atom is 0.422 e. The molecule has 0 spiro atoms. The van der Waals surface area contributed by atoms with E-state index in [1.54, 1.807) is 55.5 Å². The summed E-state index contributed by atoms with van der Waals surface area (Å²) in [7, 11) is -1.28. The number of ketones is 1. The summed E-state index contributed by atoms with van der Waals surface area (Å²) in [5.41, 5.74) is 1.49. The van der Waals surface area contributed by atoms with Gasteiger partial charge in [0.15, 0.2) is 6.10 Å². The molecule has 3 aromatic carbocycles. The van der Waals surface area contributed by atoms with Gasteiger partial charge in [-0.25, -0.2) is 17.9 Å². The van der Waals surface area contributed by atoms with Gasteiger partial charge in [-0.05, 0) is 49.4 Å². The van der Waals surface area contributed by atoms with Crippen LogP contribution < -0.4 is 18.9 Å². The van der Waals surface area contributed by atoms with E-state index < -0.39 is 34.1 Å². The average Bonchev–Trinajstić information content (AvgIpc) is 2.85. The SMILES string of the molecule is COc1cccc([C@@H]2Oc3ccc(OC)cc3C(=O)[C@H]2OC(=O)NS(=O)(=O)c2ccc(C)cc2)c1. The second-order valence-corrected chi connectivity index (χ2v) is 9.47. The zero-order chi connectivity index (χ0) is 25.2. The van der Waals surface area contributed by atoms with Gasteiger partial charge in [0.05, 0.1) is 24.7 Å². The molecule has 0 aliphatic carbocycles. The molecule has 1 aliphatic rings. The number of benzene rings is 3. The Morgan fingerprint density at radius 3 is 2.31 bits per heavy atom. The monoisotopic (exact) mass is 497 g/mol. The zero-order valence-electron chi connectivity index (χ0n) is 19.2. The number of sulfonamides is 1. The molecule has 182 valence electrons. The van der Waals surface area contributed by atoms with Crippen molar-refractivity contribution in [2.24, 2.45) is 0 Å². The van der Waals surface area contributed by atoms with Crippen molar-refractivity contribution in [2.45, 2.75) is 24.0 Å². The van der Waals surface area contributed by atoms with Crippen molar-refractivity contribution in [2.75, 3.05) is 14.2 Å². The molecule has 1 N–H and O–H groups in total. The van der Waals surface area contributed by atoms with Crippen molar-refractivity contribution in [3.05, 3.63) is 83.4 Å². The lowest BCUT2D eigenvalue weighted by Crippen LogP contribution is -2.43. The molecule has 35 heavy (non-hydrogen) atoms. The number of rotatable bonds is 6. The van der Waals surface area contributed by atoms with Crippen molar-refractivity contribution in [1.82, 2.24) is 4.72 Å². The summed E-state index contributed by atoms with van der Waals surface area (Å²) < 4.78 is 49.0. The van der Waals surface area contributed by atoms with Crippen LogP contribution in [0.1, 0.15) is 27.6 Å². The number of aryl methyl sites for hydroxylation is 1. The Balaban J connectivity index is 1.66. The minimum absolute atomic E-state index is 0.120. The molecule has 0 fully saturated rings. The maximum absolute atomic E-state index is 13.4. The first kappa shape index (κ1) is 24.1. The van der Waals surface area contributed by atoms with Crippen LogP contribution in [0, 0.1) is 6.92 Å². The number of hydrogen-bond acceptors (Lipinski definition) is 8. The zero-order valence-corrected chi connectivity index (χ0v) is 20.0. The van der Waals surface area contributed by atoms with Crippen LogP contribution in [0.25, 0.3) is 0 Å². The van der Waals surface area contributed by atoms with Crippen LogP contribution in [0.5, 0.6) is 17.2 Å². The molecule has 3 aromatic rings. The highest BCUT2D eigenvalue weighted by atomic mass is 32.2. The van der Waals surface area contributed by atoms with Gasteiger partial charge in [0.25, 0.3) is 10.0 Å². The molecule has 4 rings (SSSR count). The second-order valence-electron chi connectivity index (χ2n) is 7.79. The number of carbonyl (C=O) groups is 2. The Hall–Kier alpha value is -4.05. The van der Waals surface area contributed by atoms with Crippen molar-refractivity contribution in [3.8, 4) is 17.2 Å². The Kier molecular flexibility index (Phi) is 6.65. The second kappa shape index (κ2) is 9.67. The third-order valence-electron chi connectivity index (χ3n) is 5.44. The number of amides is 1. The smallest absolute Gasteiger partial charge is 0.422 e. The quantitative estimate of drug-likeness (QED) is 0.546. The van der Waals surface area contributed by atoms with Gasteiger partial charge >= 0.3 is 6.09 Å². The summed E-state index contributed by atoms with van der Waals surface area (Å²) in [5.74, 6) is 0.618. The maximum atomic E-state index is 13.4. The van der Waals surface area contributed by atoms with Crippen molar-refractivity contribution < 1.29 is 37.0 Å². The fourth-order valence-corrected chi connectivity index (χ4v) is 4.50. The normalized spacial score (nSPS) is 17.1. The van der Waals surface area contributed by atoms with Crippen LogP contribution in [-0.2, 0) is 14.8 Å². The van der Waals surface area contributed by atoms with Gasteiger partial charge in [-0.3, -0.25) is 4.79 Å².